The van der Waals surface area contributed by atoms with Crippen LogP contribution in [-0.2, 0) is 16.0 Å². The molecule has 0 radical (unpaired) electrons. The molecule has 0 unspecified atom stereocenters. The summed E-state index contributed by atoms with van der Waals surface area (Å²) in [5, 5.41) is 0. The van der Waals surface area contributed by atoms with Crippen molar-refractivity contribution < 1.29 is 19.2 Å². The number of rotatable bonds is 5. The Kier molecular flexibility index (Phi) is 6.37. The maximum Gasteiger partial charge on any atom is 0.410 e. The first-order valence-corrected chi connectivity index (χ1v) is 7.10. The summed E-state index contributed by atoms with van der Waals surface area (Å²) in [7, 11) is 3.06. The number of nitrogens with one attached hydrogen (secondary N) is 1. The zero-order valence-electron chi connectivity index (χ0n) is 13.8. The van der Waals surface area contributed by atoms with Crippen molar-refractivity contribution in [3.63, 3.8) is 0 Å². The van der Waals surface area contributed by atoms with Gasteiger partial charge in [0.15, 0.2) is 0 Å². The quantitative estimate of drug-likeness (QED) is 0.848. The molecule has 0 heterocycles. The second-order valence-electron chi connectivity index (χ2n) is 5.94. The van der Waals surface area contributed by atoms with Crippen LogP contribution in [0.2, 0.25) is 0 Å². The molecule has 0 aliphatic carbocycles. The van der Waals surface area contributed by atoms with E-state index in [1.54, 1.807) is 19.2 Å². The molecule has 0 fully saturated rings. The Morgan fingerprint density at radius 1 is 1.23 bits per heavy atom. The summed E-state index contributed by atoms with van der Waals surface area (Å²) < 4.78 is 5.29. The third-order valence-corrected chi connectivity index (χ3v) is 2.88. The van der Waals surface area contributed by atoms with E-state index in [9.17, 15) is 9.59 Å². The molecule has 0 saturated heterocycles. The SMILES string of the molecule is CONC(=O)c1ccccc1CCN(C)C(=O)OC(C)(C)C. The minimum absolute atomic E-state index is 0.307. The molecule has 0 aromatic heterocycles. The van der Waals surface area contributed by atoms with Gasteiger partial charge in [0, 0.05) is 19.2 Å². The van der Waals surface area contributed by atoms with E-state index in [4.69, 9.17) is 4.74 Å². The molecule has 0 bridgehead atoms. The average Bonchev–Trinajstić information content (AvgIpc) is 2.43. The van der Waals surface area contributed by atoms with Crippen LogP contribution >= 0.6 is 0 Å². The first kappa shape index (κ1) is 18.0. The Hall–Kier alpha value is -2.08. The summed E-state index contributed by atoms with van der Waals surface area (Å²) in [6.07, 6.45) is 0.162. The van der Waals surface area contributed by atoms with Gasteiger partial charge in [-0.1, -0.05) is 18.2 Å². The van der Waals surface area contributed by atoms with Crippen LogP contribution in [0.4, 0.5) is 4.79 Å². The molecule has 2 amide bonds. The fourth-order valence-corrected chi connectivity index (χ4v) is 1.83. The van der Waals surface area contributed by atoms with Crippen molar-refractivity contribution in [1.82, 2.24) is 10.4 Å². The number of hydroxylamine groups is 1. The minimum atomic E-state index is -0.526. The summed E-state index contributed by atoms with van der Waals surface area (Å²) in [4.78, 5) is 29.9. The molecule has 0 aliphatic heterocycles. The molecular formula is C16H24N2O4. The second-order valence-corrected chi connectivity index (χ2v) is 5.94. The molecule has 0 atom stereocenters. The van der Waals surface area contributed by atoms with Crippen LogP contribution in [0.1, 0.15) is 36.7 Å². The molecule has 6 nitrogen and oxygen atoms in total. The molecule has 0 spiro atoms. The van der Waals surface area contributed by atoms with Gasteiger partial charge in [-0.25, -0.2) is 10.3 Å². The molecule has 1 aromatic rings. The Morgan fingerprint density at radius 3 is 2.45 bits per heavy atom. The first-order valence-electron chi connectivity index (χ1n) is 7.10. The lowest BCUT2D eigenvalue weighted by atomic mass is 10.0. The highest BCUT2D eigenvalue weighted by atomic mass is 16.6. The van der Waals surface area contributed by atoms with Crippen molar-refractivity contribution in [3.05, 3.63) is 35.4 Å². The lowest BCUT2D eigenvalue weighted by molar-refractivity contribution is 0.0300. The van der Waals surface area contributed by atoms with Crippen LogP contribution in [0.3, 0.4) is 0 Å². The molecule has 1 aromatic carbocycles. The van der Waals surface area contributed by atoms with Gasteiger partial charge in [0.05, 0.1) is 7.11 Å². The predicted octanol–water partition coefficient (Wildman–Crippen LogP) is 2.39. The largest absolute Gasteiger partial charge is 0.444 e. The van der Waals surface area contributed by atoms with Crippen molar-refractivity contribution in [2.24, 2.45) is 0 Å². The molecule has 0 aliphatic rings. The topological polar surface area (TPSA) is 67.9 Å². The normalized spacial score (nSPS) is 11.0. The Bertz CT molecular complexity index is 523. The standard InChI is InChI=1S/C16H24N2O4/c1-16(2,3)22-15(20)18(4)11-10-12-8-6-7-9-13(12)14(19)17-21-5/h6-9H,10-11H2,1-5H3,(H,17,19). The Morgan fingerprint density at radius 2 is 1.86 bits per heavy atom. The van der Waals surface area contributed by atoms with E-state index in [1.807, 2.05) is 32.9 Å². The maximum atomic E-state index is 11.9. The number of nitrogens with zero attached hydrogens (tertiary/aromatic N) is 1. The van der Waals surface area contributed by atoms with E-state index in [2.05, 4.69) is 10.3 Å². The number of likely N-dealkylation sites (N-methyl/N-ethyl adjacent to an activating group) is 1. The van der Waals surface area contributed by atoms with Gasteiger partial charge in [-0.3, -0.25) is 9.63 Å². The summed E-state index contributed by atoms with van der Waals surface area (Å²) in [6.45, 7) is 5.92. The van der Waals surface area contributed by atoms with Gasteiger partial charge in [0.1, 0.15) is 5.60 Å². The number of carbonyl (C=O) groups excluding carboxylic acids is 2. The van der Waals surface area contributed by atoms with E-state index >= 15 is 0 Å². The molecular weight excluding hydrogens is 284 g/mol. The van der Waals surface area contributed by atoms with Crippen molar-refractivity contribution in [1.29, 1.82) is 0 Å². The predicted molar refractivity (Wildman–Crippen MR) is 83.5 cm³/mol. The van der Waals surface area contributed by atoms with Crippen LogP contribution in [0.5, 0.6) is 0 Å². The first-order chi connectivity index (χ1) is 10.2. The highest BCUT2D eigenvalue weighted by Gasteiger charge is 2.20. The Labute approximate surface area is 131 Å². The Balaban J connectivity index is 2.68. The molecule has 1 N–H and O–H groups in total. The van der Waals surface area contributed by atoms with Crippen LogP contribution < -0.4 is 5.48 Å². The highest BCUT2D eigenvalue weighted by Crippen LogP contribution is 2.12. The number of ether oxygens (including phenoxy) is 1. The van der Waals surface area contributed by atoms with Crippen LogP contribution in [0.25, 0.3) is 0 Å². The van der Waals surface area contributed by atoms with E-state index in [-0.39, 0.29) is 12.0 Å². The fourth-order valence-electron chi connectivity index (χ4n) is 1.83. The summed E-state index contributed by atoms with van der Waals surface area (Å²) in [6, 6.07) is 7.21. The van der Waals surface area contributed by atoms with E-state index < -0.39 is 5.60 Å². The van der Waals surface area contributed by atoms with Crippen molar-refractivity contribution in [3.8, 4) is 0 Å². The number of benzene rings is 1. The number of amides is 2. The van der Waals surface area contributed by atoms with Crippen LogP contribution in [0, 0.1) is 0 Å². The van der Waals surface area contributed by atoms with Gasteiger partial charge in [0.2, 0.25) is 0 Å². The summed E-state index contributed by atoms with van der Waals surface area (Å²) >= 11 is 0. The molecule has 1 rings (SSSR count). The summed E-state index contributed by atoms with van der Waals surface area (Å²) in [5.74, 6) is -0.307. The molecule has 22 heavy (non-hydrogen) atoms. The number of hydrogen-bond donors (Lipinski definition) is 1. The monoisotopic (exact) mass is 308 g/mol. The van der Waals surface area contributed by atoms with Gasteiger partial charge >= 0.3 is 6.09 Å². The van der Waals surface area contributed by atoms with Gasteiger partial charge in [-0.15, -0.1) is 0 Å². The van der Waals surface area contributed by atoms with Gasteiger partial charge in [-0.2, -0.15) is 0 Å². The lowest BCUT2D eigenvalue weighted by Crippen LogP contribution is -2.35. The van der Waals surface area contributed by atoms with Crippen molar-refractivity contribution in [2.75, 3.05) is 20.7 Å². The maximum absolute atomic E-state index is 11.9. The molecule has 6 heteroatoms. The third-order valence-electron chi connectivity index (χ3n) is 2.88. The third kappa shape index (κ3) is 5.73. The van der Waals surface area contributed by atoms with Gasteiger partial charge in [0.25, 0.3) is 5.91 Å². The van der Waals surface area contributed by atoms with Crippen molar-refractivity contribution >= 4 is 12.0 Å². The van der Waals surface area contributed by atoms with Crippen LogP contribution in [0.15, 0.2) is 24.3 Å². The molecule has 0 saturated carbocycles. The lowest BCUT2D eigenvalue weighted by Gasteiger charge is -2.24. The highest BCUT2D eigenvalue weighted by molar-refractivity contribution is 5.94. The number of hydrogen-bond acceptors (Lipinski definition) is 4. The minimum Gasteiger partial charge on any atom is -0.444 e. The fraction of sp³-hybridized carbons (Fsp3) is 0.500. The van der Waals surface area contributed by atoms with Crippen molar-refractivity contribution in [2.45, 2.75) is 32.8 Å². The average molecular weight is 308 g/mol. The molecule has 122 valence electrons. The van der Waals surface area contributed by atoms with Crippen LogP contribution in [-0.4, -0.2) is 43.2 Å². The van der Waals surface area contributed by atoms with E-state index in [0.29, 0.717) is 18.5 Å². The zero-order chi connectivity index (χ0) is 16.8. The van der Waals surface area contributed by atoms with Gasteiger partial charge < -0.3 is 9.64 Å². The second kappa shape index (κ2) is 7.79. The summed E-state index contributed by atoms with van der Waals surface area (Å²) in [5.41, 5.74) is 3.14. The smallest absolute Gasteiger partial charge is 0.410 e. The van der Waals surface area contributed by atoms with Gasteiger partial charge in [-0.05, 0) is 38.8 Å². The van der Waals surface area contributed by atoms with E-state index in [1.165, 1.54) is 12.0 Å². The zero-order valence-corrected chi connectivity index (χ0v) is 13.8. The van der Waals surface area contributed by atoms with E-state index in [0.717, 1.165) is 5.56 Å². The number of carbonyl (C=O) groups is 2.